The van der Waals surface area contributed by atoms with E-state index in [0.717, 1.165) is 27.7 Å². The molecule has 0 unspecified atom stereocenters. The van der Waals surface area contributed by atoms with E-state index >= 15 is 0 Å². The van der Waals surface area contributed by atoms with Gasteiger partial charge in [-0.05, 0) is 22.9 Å². The number of phenolic OH excluding ortho intramolecular Hbond substituents is 1. The van der Waals surface area contributed by atoms with Crippen LogP contribution in [0.1, 0.15) is 11.7 Å². The Morgan fingerprint density at radius 1 is 0.955 bits per heavy atom. The summed E-state index contributed by atoms with van der Waals surface area (Å²) in [7, 11) is 1.53. The molecule has 0 fully saturated rings. The minimum atomic E-state index is -0.350. The van der Waals surface area contributed by atoms with Crippen LogP contribution in [-0.2, 0) is 0 Å². The molecular formula is C18H14N2O2-2. The average Bonchev–Trinajstić information content (AvgIpc) is 2.55. The molecule has 0 bridgehead atoms. The second kappa shape index (κ2) is 4.84. The van der Waals surface area contributed by atoms with Crippen molar-refractivity contribution in [2.75, 3.05) is 7.11 Å². The van der Waals surface area contributed by atoms with Gasteiger partial charge in [-0.15, -0.1) is 11.4 Å². The highest BCUT2D eigenvalue weighted by Crippen LogP contribution is 2.52. The molecule has 0 atom stereocenters. The Morgan fingerprint density at radius 2 is 1.64 bits per heavy atom. The predicted octanol–water partition coefficient (Wildman–Crippen LogP) is 5.28. The topological polar surface area (TPSA) is 57.7 Å². The first-order chi connectivity index (χ1) is 10.8. The van der Waals surface area contributed by atoms with Gasteiger partial charge in [-0.1, -0.05) is 48.0 Å². The molecule has 1 aliphatic rings. The Bertz CT molecular complexity index is 820. The normalized spacial score (nSPS) is 13.5. The maximum Gasteiger partial charge on any atom is 0.160 e. The number of ether oxygens (including phenoxy) is 1. The van der Waals surface area contributed by atoms with Gasteiger partial charge in [0.2, 0.25) is 0 Å². The number of phenols is 1. The third kappa shape index (κ3) is 1.92. The van der Waals surface area contributed by atoms with Crippen molar-refractivity contribution < 1.29 is 9.84 Å². The lowest BCUT2D eigenvalue weighted by molar-refractivity contribution is 0.373. The van der Waals surface area contributed by atoms with Gasteiger partial charge >= 0.3 is 0 Å². The fraction of sp³-hybridized carbons (Fsp3) is 0.111. The number of hydrogen-bond acceptors (Lipinski definition) is 2. The monoisotopic (exact) mass is 290 g/mol. The second-order valence-electron chi connectivity index (χ2n) is 5.22. The Balaban J connectivity index is 1.77. The quantitative estimate of drug-likeness (QED) is 0.698. The van der Waals surface area contributed by atoms with Crippen LogP contribution in [0.4, 0.5) is 11.4 Å². The number of nitrogens with zero attached hydrogens (tertiary/aromatic N) is 2. The first kappa shape index (κ1) is 12.8. The van der Waals surface area contributed by atoms with Crippen molar-refractivity contribution in [3.63, 3.8) is 0 Å². The largest absolute Gasteiger partial charge is 0.693 e. The van der Waals surface area contributed by atoms with Crippen molar-refractivity contribution in [2.24, 2.45) is 0 Å². The minimum Gasteiger partial charge on any atom is -0.693 e. The highest BCUT2D eigenvalue weighted by Gasteiger charge is 2.06. The van der Waals surface area contributed by atoms with Crippen molar-refractivity contribution >= 4 is 22.1 Å². The highest BCUT2D eigenvalue weighted by atomic mass is 16.5. The van der Waals surface area contributed by atoms with Crippen molar-refractivity contribution in [3.8, 4) is 11.5 Å². The van der Waals surface area contributed by atoms with Crippen LogP contribution in [-0.4, -0.2) is 12.2 Å². The van der Waals surface area contributed by atoms with Gasteiger partial charge in [0.15, 0.2) is 11.5 Å². The van der Waals surface area contributed by atoms with Crippen LogP contribution in [0.2, 0.25) is 0 Å². The van der Waals surface area contributed by atoms with E-state index in [0.29, 0.717) is 5.75 Å². The smallest absolute Gasteiger partial charge is 0.160 e. The highest BCUT2D eigenvalue weighted by molar-refractivity contribution is 6.07. The van der Waals surface area contributed by atoms with Crippen molar-refractivity contribution in [1.29, 1.82) is 0 Å². The Labute approximate surface area is 128 Å². The molecule has 1 aliphatic heterocycles. The number of rotatable bonds is 2. The molecule has 0 saturated heterocycles. The third-order valence-electron chi connectivity index (χ3n) is 3.88. The van der Waals surface area contributed by atoms with E-state index in [1.54, 1.807) is 12.1 Å². The fourth-order valence-corrected chi connectivity index (χ4v) is 2.83. The van der Waals surface area contributed by atoms with Gasteiger partial charge in [0, 0.05) is 0 Å². The van der Waals surface area contributed by atoms with Crippen molar-refractivity contribution in [1.82, 2.24) is 0 Å². The van der Waals surface area contributed by atoms with Crippen molar-refractivity contribution in [3.05, 3.63) is 70.8 Å². The van der Waals surface area contributed by atoms with E-state index in [-0.39, 0.29) is 11.9 Å². The minimum absolute atomic E-state index is 0.0995. The zero-order valence-corrected chi connectivity index (χ0v) is 12.0. The Kier molecular flexibility index (Phi) is 2.82. The van der Waals surface area contributed by atoms with E-state index in [4.69, 9.17) is 15.4 Å². The lowest BCUT2D eigenvalue weighted by atomic mass is 10.0. The van der Waals surface area contributed by atoms with Crippen LogP contribution >= 0.6 is 0 Å². The lowest BCUT2D eigenvalue weighted by Gasteiger charge is -2.52. The summed E-state index contributed by atoms with van der Waals surface area (Å²) in [6.07, 6.45) is -0.350. The third-order valence-corrected chi connectivity index (χ3v) is 3.88. The van der Waals surface area contributed by atoms with Gasteiger partial charge in [0.05, 0.1) is 7.11 Å². The zero-order chi connectivity index (χ0) is 15.1. The molecular weight excluding hydrogens is 276 g/mol. The van der Waals surface area contributed by atoms with Crippen LogP contribution in [0.5, 0.6) is 11.5 Å². The standard InChI is InChI=1S/C18H14N2O2/c1-22-16-9-8-12(10-15(16)21)18-19-13-6-2-4-11-5-3-7-14(20-18)17(11)13/h2-10,18,21H,1H3/q-2. The summed E-state index contributed by atoms with van der Waals surface area (Å²) in [6, 6.07) is 17.4. The SMILES string of the molecule is COc1ccc(C2[N-]c3cccc4cccc(c34)[N-]2)cc1O. The van der Waals surface area contributed by atoms with E-state index in [9.17, 15) is 5.11 Å². The summed E-state index contributed by atoms with van der Waals surface area (Å²) in [5, 5.41) is 21.6. The molecule has 3 aromatic carbocycles. The molecule has 0 saturated carbocycles. The maximum absolute atomic E-state index is 9.96. The molecule has 0 radical (unpaired) electrons. The molecule has 3 aromatic rings. The molecule has 22 heavy (non-hydrogen) atoms. The van der Waals surface area contributed by atoms with Gasteiger partial charge in [-0.2, -0.15) is 6.17 Å². The van der Waals surface area contributed by atoms with Crippen LogP contribution < -0.4 is 4.74 Å². The van der Waals surface area contributed by atoms with Gasteiger partial charge in [-0.25, -0.2) is 0 Å². The average molecular weight is 290 g/mol. The first-order valence-corrected chi connectivity index (χ1v) is 7.06. The van der Waals surface area contributed by atoms with Crippen molar-refractivity contribution in [2.45, 2.75) is 6.17 Å². The van der Waals surface area contributed by atoms with E-state index in [1.807, 2.05) is 30.3 Å². The van der Waals surface area contributed by atoms with Crippen LogP contribution in [0.25, 0.3) is 21.4 Å². The molecule has 1 N–H and O–H groups in total. The summed E-state index contributed by atoms with van der Waals surface area (Å²) < 4.78 is 5.08. The van der Waals surface area contributed by atoms with Gasteiger partial charge < -0.3 is 20.5 Å². The van der Waals surface area contributed by atoms with Crippen LogP contribution in [0.3, 0.4) is 0 Å². The zero-order valence-electron chi connectivity index (χ0n) is 12.0. The van der Waals surface area contributed by atoms with Gasteiger partial charge in [-0.3, -0.25) is 0 Å². The summed E-state index contributed by atoms with van der Waals surface area (Å²) in [5.74, 6) is 0.546. The summed E-state index contributed by atoms with van der Waals surface area (Å²) in [5.41, 5.74) is 2.71. The van der Waals surface area contributed by atoms with Gasteiger partial charge in [0.25, 0.3) is 0 Å². The van der Waals surface area contributed by atoms with E-state index in [1.165, 1.54) is 7.11 Å². The molecule has 1 heterocycles. The first-order valence-electron chi connectivity index (χ1n) is 7.06. The summed E-state index contributed by atoms with van der Waals surface area (Å²) in [6.45, 7) is 0. The number of benzene rings is 3. The summed E-state index contributed by atoms with van der Waals surface area (Å²) >= 11 is 0. The molecule has 0 spiro atoms. The molecule has 4 nitrogen and oxygen atoms in total. The molecule has 0 aromatic heterocycles. The second-order valence-corrected chi connectivity index (χ2v) is 5.22. The Morgan fingerprint density at radius 3 is 2.23 bits per heavy atom. The summed E-state index contributed by atoms with van der Waals surface area (Å²) in [4.78, 5) is 0. The maximum atomic E-state index is 9.96. The van der Waals surface area contributed by atoms with Gasteiger partial charge in [0.1, 0.15) is 0 Å². The molecule has 4 heteroatoms. The number of aromatic hydroxyl groups is 1. The fourth-order valence-electron chi connectivity index (χ4n) is 2.83. The molecule has 0 aliphatic carbocycles. The van der Waals surface area contributed by atoms with Crippen LogP contribution in [0.15, 0.2) is 54.6 Å². The Hall–Kier alpha value is -2.88. The van der Waals surface area contributed by atoms with Crippen LogP contribution in [0, 0.1) is 0 Å². The number of hydrogen-bond donors (Lipinski definition) is 1. The number of methoxy groups -OCH3 is 1. The van der Waals surface area contributed by atoms with E-state index < -0.39 is 0 Å². The molecule has 0 amide bonds. The van der Waals surface area contributed by atoms with E-state index in [2.05, 4.69) is 12.1 Å². The molecule has 4 rings (SSSR count). The molecule has 110 valence electrons. The predicted molar refractivity (Wildman–Crippen MR) is 87.4 cm³/mol. The lowest BCUT2D eigenvalue weighted by Crippen LogP contribution is -1.99.